The van der Waals surface area contributed by atoms with Crippen molar-refractivity contribution in [2.24, 2.45) is 4.99 Å². The zero-order chi connectivity index (χ0) is 10.6. The molecule has 0 spiro atoms. The number of para-hydroxylation sites is 1. The summed E-state index contributed by atoms with van der Waals surface area (Å²) in [6.45, 7) is 5.61. The lowest BCUT2D eigenvalue weighted by molar-refractivity contribution is -0.115. The normalized spacial score (nSPS) is 10.8. The molecule has 1 aromatic rings. The van der Waals surface area contributed by atoms with Gasteiger partial charge >= 0.3 is 0 Å². The van der Waals surface area contributed by atoms with Gasteiger partial charge in [-0.1, -0.05) is 18.2 Å². The van der Waals surface area contributed by atoms with Crippen molar-refractivity contribution < 1.29 is 4.79 Å². The number of carbonyl (C=O) groups excluding carboxylic acids is 1. The number of nitrogens with zero attached hydrogens (tertiary/aromatic N) is 1. The van der Waals surface area contributed by atoms with Gasteiger partial charge < -0.3 is 0 Å². The summed E-state index contributed by atoms with van der Waals surface area (Å²) in [6.07, 6.45) is 2.09. The monoisotopic (exact) mass is 189 g/mol. The highest BCUT2D eigenvalue weighted by Gasteiger charge is 1.98. The molecular weight excluding hydrogens is 174 g/mol. The first-order chi connectivity index (χ1) is 6.61. The molecule has 0 amide bonds. The molecule has 0 fully saturated rings. The van der Waals surface area contributed by atoms with E-state index in [0.29, 0.717) is 6.42 Å². The van der Waals surface area contributed by atoms with Crippen molar-refractivity contribution in [2.45, 2.75) is 27.2 Å². The lowest BCUT2D eigenvalue weighted by Crippen LogP contribution is -1.89. The minimum atomic E-state index is 0.139. The van der Waals surface area contributed by atoms with Gasteiger partial charge in [0.1, 0.15) is 5.78 Å². The number of rotatable bonds is 3. The van der Waals surface area contributed by atoms with Gasteiger partial charge in [0.25, 0.3) is 0 Å². The van der Waals surface area contributed by atoms with E-state index in [1.54, 1.807) is 13.1 Å². The van der Waals surface area contributed by atoms with Crippen LogP contribution in [0.3, 0.4) is 0 Å². The third-order valence-corrected chi connectivity index (χ3v) is 2.04. The Hall–Kier alpha value is -1.44. The molecule has 1 aromatic carbocycles. The topological polar surface area (TPSA) is 29.4 Å². The Labute approximate surface area is 84.7 Å². The molecule has 0 atom stereocenters. The molecule has 74 valence electrons. The molecule has 0 radical (unpaired) electrons. The smallest absolute Gasteiger partial charge is 0.135 e. The molecule has 0 aliphatic carbocycles. The molecule has 0 aliphatic heterocycles. The fourth-order valence-electron chi connectivity index (χ4n) is 1.27. The summed E-state index contributed by atoms with van der Waals surface area (Å²) in [5.74, 6) is 0.139. The molecule has 0 heterocycles. The van der Waals surface area contributed by atoms with Crippen LogP contribution in [-0.2, 0) is 4.79 Å². The van der Waals surface area contributed by atoms with Crippen LogP contribution < -0.4 is 0 Å². The van der Waals surface area contributed by atoms with Crippen LogP contribution in [0.5, 0.6) is 0 Å². The van der Waals surface area contributed by atoms with Crippen molar-refractivity contribution in [1.82, 2.24) is 0 Å². The van der Waals surface area contributed by atoms with Gasteiger partial charge in [-0.15, -0.1) is 0 Å². The van der Waals surface area contributed by atoms with Gasteiger partial charge in [0.05, 0.1) is 5.69 Å². The number of ketones is 1. The van der Waals surface area contributed by atoms with Gasteiger partial charge in [-0.05, 0) is 31.9 Å². The van der Waals surface area contributed by atoms with Crippen molar-refractivity contribution in [3.63, 3.8) is 0 Å². The second-order valence-electron chi connectivity index (χ2n) is 3.46. The van der Waals surface area contributed by atoms with E-state index in [4.69, 9.17) is 0 Å². The molecular formula is C12H15NO. The van der Waals surface area contributed by atoms with Gasteiger partial charge in [-0.2, -0.15) is 0 Å². The van der Waals surface area contributed by atoms with Gasteiger partial charge in [-0.3, -0.25) is 9.79 Å². The van der Waals surface area contributed by atoms with Crippen LogP contribution in [0.1, 0.15) is 24.5 Å². The molecule has 2 heteroatoms. The molecule has 0 unspecified atom stereocenters. The van der Waals surface area contributed by atoms with E-state index in [-0.39, 0.29) is 5.78 Å². The highest BCUT2D eigenvalue weighted by molar-refractivity contribution is 5.90. The zero-order valence-electron chi connectivity index (χ0n) is 8.87. The number of aliphatic imine (C=N–C) groups is 1. The first-order valence-electron chi connectivity index (χ1n) is 4.69. The van der Waals surface area contributed by atoms with Crippen LogP contribution in [0.4, 0.5) is 5.69 Å². The summed E-state index contributed by atoms with van der Waals surface area (Å²) in [5.41, 5.74) is 3.27. The number of benzene rings is 1. The highest BCUT2D eigenvalue weighted by Crippen LogP contribution is 2.22. The quantitative estimate of drug-likeness (QED) is 0.672. The van der Waals surface area contributed by atoms with E-state index in [9.17, 15) is 4.79 Å². The molecule has 2 nitrogen and oxygen atoms in total. The Kier molecular flexibility index (Phi) is 3.57. The predicted molar refractivity (Wildman–Crippen MR) is 59.4 cm³/mol. The molecule has 1 rings (SSSR count). The van der Waals surface area contributed by atoms with E-state index in [1.165, 1.54) is 0 Å². The van der Waals surface area contributed by atoms with Crippen LogP contribution in [0, 0.1) is 13.8 Å². The highest BCUT2D eigenvalue weighted by atomic mass is 16.1. The second-order valence-corrected chi connectivity index (χ2v) is 3.46. The van der Waals surface area contributed by atoms with Crippen LogP contribution in [-0.4, -0.2) is 12.0 Å². The summed E-state index contributed by atoms with van der Waals surface area (Å²) >= 11 is 0. The fraction of sp³-hybridized carbons (Fsp3) is 0.333. The number of Topliss-reactive ketones (excluding diaryl/α,β-unsaturated/α-hetero) is 1. The van der Waals surface area contributed by atoms with Gasteiger partial charge in [0.15, 0.2) is 0 Å². The van der Waals surface area contributed by atoms with E-state index < -0.39 is 0 Å². The molecule has 0 N–H and O–H groups in total. The average Bonchev–Trinajstić information content (AvgIpc) is 2.09. The van der Waals surface area contributed by atoms with Crippen molar-refractivity contribution in [2.75, 3.05) is 0 Å². The Balaban J connectivity index is 2.85. The largest absolute Gasteiger partial charge is 0.300 e. The molecule has 0 bridgehead atoms. The van der Waals surface area contributed by atoms with Crippen molar-refractivity contribution in [3.05, 3.63) is 29.3 Å². The Bertz CT molecular complexity index is 346. The van der Waals surface area contributed by atoms with Crippen molar-refractivity contribution in [1.29, 1.82) is 0 Å². The maximum atomic E-state index is 10.7. The number of aryl methyl sites for hydroxylation is 2. The SMILES string of the molecule is CC(=O)CC=Nc1c(C)cccc1C. The fourth-order valence-corrected chi connectivity index (χ4v) is 1.27. The Morgan fingerprint density at radius 3 is 2.43 bits per heavy atom. The van der Waals surface area contributed by atoms with E-state index in [0.717, 1.165) is 16.8 Å². The van der Waals surface area contributed by atoms with Crippen LogP contribution in [0.15, 0.2) is 23.2 Å². The van der Waals surface area contributed by atoms with Crippen molar-refractivity contribution in [3.8, 4) is 0 Å². The lowest BCUT2D eigenvalue weighted by atomic mass is 10.1. The number of hydrogen-bond donors (Lipinski definition) is 0. The first kappa shape index (κ1) is 10.6. The van der Waals surface area contributed by atoms with E-state index in [1.807, 2.05) is 32.0 Å². The summed E-state index contributed by atoms with van der Waals surface area (Å²) in [7, 11) is 0. The molecule has 0 aliphatic rings. The standard InChI is InChI=1S/C12H15NO/c1-9-5-4-6-10(2)12(9)13-8-7-11(3)14/h4-6,8H,7H2,1-3H3. The maximum Gasteiger partial charge on any atom is 0.135 e. The second kappa shape index (κ2) is 4.70. The number of carbonyl (C=O) groups is 1. The minimum Gasteiger partial charge on any atom is -0.300 e. The van der Waals surface area contributed by atoms with E-state index >= 15 is 0 Å². The summed E-state index contributed by atoms with van der Waals surface area (Å²) < 4.78 is 0. The molecule has 0 saturated carbocycles. The summed E-state index contributed by atoms with van der Waals surface area (Å²) in [6, 6.07) is 6.05. The van der Waals surface area contributed by atoms with Crippen LogP contribution in [0.2, 0.25) is 0 Å². The van der Waals surface area contributed by atoms with Gasteiger partial charge in [-0.25, -0.2) is 0 Å². The minimum absolute atomic E-state index is 0.139. The average molecular weight is 189 g/mol. The maximum absolute atomic E-state index is 10.7. The van der Waals surface area contributed by atoms with Gasteiger partial charge in [0.2, 0.25) is 0 Å². The van der Waals surface area contributed by atoms with Gasteiger partial charge in [0, 0.05) is 12.6 Å². The first-order valence-corrected chi connectivity index (χ1v) is 4.69. The van der Waals surface area contributed by atoms with Crippen molar-refractivity contribution >= 4 is 17.7 Å². The Morgan fingerprint density at radius 2 is 1.93 bits per heavy atom. The zero-order valence-corrected chi connectivity index (χ0v) is 8.87. The third-order valence-electron chi connectivity index (χ3n) is 2.04. The predicted octanol–water partition coefficient (Wildman–Crippen LogP) is 2.98. The van der Waals surface area contributed by atoms with Crippen LogP contribution in [0.25, 0.3) is 0 Å². The molecule has 0 aromatic heterocycles. The van der Waals surface area contributed by atoms with E-state index in [2.05, 4.69) is 4.99 Å². The Morgan fingerprint density at radius 1 is 1.36 bits per heavy atom. The molecule has 14 heavy (non-hydrogen) atoms. The van der Waals surface area contributed by atoms with Crippen LogP contribution >= 0.6 is 0 Å². The third kappa shape index (κ3) is 2.80. The molecule has 0 saturated heterocycles. The lowest BCUT2D eigenvalue weighted by Gasteiger charge is -2.02. The summed E-state index contributed by atoms with van der Waals surface area (Å²) in [5, 5.41) is 0. The number of hydrogen-bond acceptors (Lipinski definition) is 2. The summed E-state index contributed by atoms with van der Waals surface area (Å²) in [4.78, 5) is 15.0.